The maximum absolute atomic E-state index is 11.9. The van der Waals surface area contributed by atoms with Crippen molar-refractivity contribution in [3.63, 3.8) is 0 Å². The maximum Gasteiger partial charge on any atom is 0.251 e. The molecule has 6 nitrogen and oxygen atoms in total. The van der Waals surface area contributed by atoms with Crippen LogP contribution in [-0.4, -0.2) is 43.2 Å². The molecule has 6 heteroatoms. The molecular weight excluding hydrogens is 292 g/mol. The number of nitrogens with one attached hydrogen (secondary N) is 3. The molecule has 0 fully saturated rings. The zero-order valence-electron chi connectivity index (χ0n) is 14.1. The topological polar surface area (TPSA) is 85.8 Å². The number of benzene rings is 1. The van der Waals surface area contributed by atoms with Crippen LogP contribution in [0.1, 0.15) is 43.5 Å². The normalized spacial score (nSPS) is 11.1. The van der Waals surface area contributed by atoms with E-state index in [1.807, 2.05) is 6.92 Å². The van der Waals surface area contributed by atoms with E-state index >= 15 is 0 Å². The maximum atomic E-state index is 11.9. The zero-order valence-corrected chi connectivity index (χ0v) is 14.1. The largest absolute Gasteiger partial charge is 0.508 e. The summed E-state index contributed by atoms with van der Waals surface area (Å²) in [6.45, 7) is 6.91. The number of phenols is 1. The Morgan fingerprint density at radius 2 is 1.74 bits per heavy atom. The van der Waals surface area contributed by atoms with Crippen molar-refractivity contribution in [1.29, 1.82) is 0 Å². The smallest absolute Gasteiger partial charge is 0.251 e. The molecule has 0 aliphatic heterocycles. The quantitative estimate of drug-likeness (QED) is 0.318. The SMILES string of the molecule is CCCCCN=C(NCC)NCCNC(=O)c1ccc(O)cc1. The molecule has 0 saturated heterocycles. The number of carbonyl (C=O) groups excluding carboxylic acids is 1. The summed E-state index contributed by atoms with van der Waals surface area (Å²) in [4.78, 5) is 16.4. The highest BCUT2D eigenvalue weighted by molar-refractivity contribution is 5.94. The Balaban J connectivity index is 2.29. The summed E-state index contributed by atoms with van der Waals surface area (Å²) in [6.07, 6.45) is 3.46. The first-order chi connectivity index (χ1) is 11.2. The number of aromatic hydroxyl groups is 1. The van der Waals surface area contributed by atoms with Crippen LogP contribution < -0.4 is 16.0 Å². The molecule has 23 heavy (non-hydrogen) atoms. The van der Waals surface area contributed by atoms with Crippen molar-refractivity contribution < 1.29 is 9.90 Å². The summed E-state index contributed by atoms with van der Waals surface area (Å²) < 4.78 is 0. The van der Waals surface area contributed by atoms with E-state index in [2.05, 4.69) is 27.9 Å². The lowest BCUT2D eigenvalue weighted by Gasteiger charge is -2.12. The molecular formula is C17H28N4O2. The fourth-order valence-corrected chi connectivity index (χ4v) is 1.97. The number of unbranched alkanes of at least 4 members (excludes halogenated alkanes) is 2. The molecule has 0 radical (unpaired) electrons. The molecule has 1 amide bonds. The van der Waals surface area contributed by atoms with Gasteiger partial charge in [-0.25, -0.2) is 0 Å². The van der Waals surface area contributed by atoms with Gasteiger partial charge < -0.3 is 21.1 Å². The van der Waals surface area contributed by atoms with Crippen LogP contribution in [0.2, 0.25) is 0 Å². The van der Waals surface area contributed by atoms with Crippen LogP contribution >= 0.6 is 0 Å². The molecule has 0 aromatic heterocycles. The van der Waals surface area contributed by atoms with Crippen LogP contribution in [0.3, 0.4) is 0 Å². The molecule has 4 N–H and O–H groups in total. The van der Waals surface area contributed by atoms with Gasteiger partial charge in [0.15, 0.2) is 5.96 Å². The Bertz CT molecular complexity index is 486. The van der Waals surface area contributed by atoms with E-state index in [-0.39, 0.29) is 11.7 Å². The molecule has 128 valence electrons. The summed E-state index contributed by atoms with van der Waals surface area (Å²) in [7, 11) is 0. The Hall–Kier alpha value is -2.24. The first-order valence-corrected chi connectivity index (χ1v) is 8.26. The van der Waals surface area contributed by atoms with Crippen molar-refractivity contribution in [3.05, 3.63) is 29.8 Å². The third kappa shape index (κ3) is 8.09. The predicted octanol–water partition coefficient (Wildman–Crippen LogP) is 1.87. The van der Waals surface area contributed by atoms with Gasteiger partial charge in [0.2, 0.25) is 0 Å². The van der Waals surface area contributed by atoms with Gasteiger partial charge in [-0.3, -0.25) is 9.79 Å². The molecule has 0 heterocycles. The second-order valence-electron chi connectivity index (χ2n) is 5.20. The third-order valence-electron chi connectivity index (χ3n) is 3.21. The number of hydrogen-bond acceptors (Lipinski definition) is 3. The summed E-state index contributed by atoms with van der Waals surface area (Å²) in [5.74, 6) is 0.775. The van der Waals surface area contributed by atoms with Gasteiger partial charge in [-0.2, -0.15) is 0 Å². The predicted molar refractivity (Wildman–Crippen MR) is 93.9 cm³/mol. The molecule has 0 spiro atoms. The van der Waals surface area contributed by atoms with Gasteiger partial charge in [-0.1, -0.05) is 19.8 Å². The lowest BCUT2D eigenvalue weighted by molar-refractivity contribution is 0.0954. The molecule has 0 saturated carbocycles. The van der Waals surface area contributed by atoms with Gasteiger partial charge in [-0.05, 0) is 37.6 Å². The van der Waals surface area contributed by atoms with Crippen LogP contribution in [0.15, 0.2) is 29.3 Å². The number of phenolic OH excluding ortho intramolecular Hbond substituents is 1. The lowest BCUT2D eigenvalue weighted by Crippen LogP contribution is -2.41. The number of rotatable bonds is 9. The van der Waals surface area contributed by atoms with Crippen LogP contribution in [0.25, 0.3) is 0 Å². The van der Waals surface area contributed by atoms with Crippen LogP contribution in [0, 0.1) is 0 Å². The van der Waals surface area contributed by atoms with E-state index in [4.69, 9.17) is 0 Å². The number of nitrogens with zero attached hydrogens (tertiary/aromatic N) is 1. The Morgan fingerprint density at radius 3 is 2.39 bits per heavy atom. The summed E-state index contributed by atoms with van der Waals surface area (Å²) >= 11 is 0. The summed E-state index contributed by atoms with van der Waals surface area (Å²) in [5, 5.41) is 18.4. The number of guanidine groups is 1. The number of carbonyl (C=O) groups is 1. The first-order valence-electron chi connectivity index (χ1n) is 8.26. The van der Waals surface area contributed by atoms with E-state index in [9.17, 15) is 9.90 Å². The van der Waals surface area contributed by atoms with Crippen molar-refractivity contribution in [2.45, 2.75) is 33.1 Å². The van der Waals surface area contributed by atoms with Crippen LogP contribution in [-0.2, 0) is 0 Å². The van der Waals surface area contributed by atoms with Gasteiger partial charge in [-0.15, -0.1) is 0 Å². The molecule has 1 aromatic rings. The fourth-order valence-electron chi connectivity index (χ4n) is 1.97. The van der Waals surface area contributed by atoms with E-state index < -0.39 is 0 Å². The van der Waals surface area contributed by atoms with E-state index in [0.717, 1.165) is 25.5 Å². The van der Waals surface area contributed by atoms with Crippen molar-refractivity contribution in [1.82, 2.24) is 16.0 Å². The van der Waals surface area contributed by atoms with Crippen molar-refractivity contribution in [2.75, 3.05) is 26.2 Å². The van der Waals surface area contributed by atoms with Gasteiger partial charge in [0.1, 0.15) is 5.75 Å². The average Bonchev–Trinajstić information content (AvgIpc) is 2.55. The van der Waals surface area contributed by atoms with E-state index in [0.29, 0.717) is 18.7 Å². The number of aliphatic imine (C=N–C) groups is 1. The van der Waals surface area contributed by atoms with Crippen molar-refractivity contribution in [3.8, 4) is 5.75 Å². The Kier molecular flexibility index (Phi) is 9.28. The molecule has 0 bridgehead atoms. The number of amides is 1. The molecule has 1 aromatic carbocycles. The molecule has 0 atom stereocenters. The van der Waals surface area contributed by atoms with Crippen LogP contribution in [0.5, 0.6) is 5.75 Å². The Morgan fingerprint density at radius 1 is 1.04 bits per heavy atom. The van der Waals surface area contributed by atoms with Crippen LogP contribution in [0.4, 0.5) is 0 Å². The lowest BCUT2D eigenvalue weighted by atomic mass is 10.2. The minimum absolute atomic E-state index is 0.151. The second kappa shape index (κ2) is 11.3. The zero-order chi connectivity index (χ0) is 16.9. The highest BCUT2D eigenvalue weighted by atomic mass is 16.3. The molecule has 0 aliphatic carbocycles. The van der Waals surface area contributed by atoms with Gasteiger partial charge >= 0.3 is 0 Å². The molecule has 1 rings (SSSR count). The van der Waals surface area contributed by atoms with E-state index in [1.54, 1.807) is 12.1 Å². The van der Waals surface area contributed by atoms with Gasteiger partial charge in [0.05, 0.1) is 0 Å². The molecule has 0 unspecified atom stereocenters. The highest BCUT2D eigenvalue weighted by Crippen LogP contribution is 2.09. The van der Waals surface area contributed by atoms with Crippen molar-refractivity contribution >= 4 is 11.9 Å². The highest BCUT2D eigenvalue weighted by Gasteiger charge is 2.04. The van der Waals surface area contributed by atoms with Crippen molar-refractivity contribution in [2.24, 2.45) is 4.99 Å². The first kappa shape index (κ1) is 18.8. The second-order valence-corrected chi connectivity index (χ2v) is 5.20. The van der Waals surface area contributed by atoms with Gasteiger partial charge in [0.25, 0.3) is 5.91 Å². The summed E-state index contributed by atoms with van der Waals surface area (Å²) in [6, 6.07) is 6.19. The third-order valence-corrected chi connectivity index (χ3v) is 3.21. The molecule has 0 aliphatic rings. The Labute approximate surface area is 138 Å². The summed E-state index contributed by atoms with van der Waals surface area (Å²) in [5.41, 5.74) is 0.530. The minimum atomic E-state index is -0.156. The standard InChI is InChI=1S/C17H28N4O2/c1-3-5-6-11-20-17(18-4-2)21-13-12-19-16(23)14-7-9-15(22)10-8-14/h7-10,22H,3-6,11-13H2,1-2H3,(H,19,23)(H2,18,20,21). The fraction of sp³-hybridized carbons (Fsp3) is 0.529. The monoisotopic (exact) mass is 320 g/mol. The minimum Gasteiger partial charge on any atom is -0.508 e. The number of hydrogen-bond donors (Lipinski definition) is 4. The van der Waals surface area contributed by atoms with Gasteiger partial charge in [0, 0.05) is 31.7 Å². The van der Waals surface area contributed by atoms with E-state index in [1.165, 1.54) is 25.0 Å². The average molecular weight is 320 g/mol.